The van der Waals surface area contributed by atoms with E-state index in [1.165, 1.54) is 17.0 Å². The molecule has 0 radical (unpaired) electrons. The highest BCUT2D eigenvalue weighted by Crippen LogP contribution is 2.27. The van der Waals surface area contributed by atoms with Gasteiger partial charge < -0.3 is 15.0 Å². The number of ether oxygens (including phenoxy) is 1. The Morgan fingerprint density at radius 3 is 2.12 bits per heavy atom. The number of anilines is 1. The molecule has 8 nitrogen and oxygen atoms in total. The molecular formula is C30H36BrN3O5S. The fourth-order valence-electron chi connectivity index (χ4n) is 3.97. The molecule has 40 heavy (non-hydrogen) atoms. The van der Waals surface area contributed by atoms with E-state index in [0.29, 0.717) is 18.0 Å². The van der Waals surface area contributed by atoms with E-state index in [0.717, 1.165) is 20.8 Å². The fourth-order valence-corrected chi connectivity index (χ4v) is 5.64. The number of carbonyl (C=O) groups excluding carboxylic acids is 2. The molecule has 0 aliphatic rings. The van der Waals surface area contributed by atoms with Gasteiger partial charge in [0, 0.05) is 17.1 Å². The lowest BCUT2D eigenvalue weighted by Crippen LogP contribution is -2.52. The zero-order valence-electron chi connectivity index (χ0n) is 23.2. The van der Waals surface area contributed by atoms with Crippen molar-refractivity contribution in [3.8, 4) is 5.75 Å². The van der Waals surface area contributed by atoms with Crippen molar-refractivity contribution in [3.63, 3.8) is 0 Å². The summed E-state index contributed by atoms with van der Waals surface area (Å²) in [6.45, 7) is 7.48. The Kier molecular flexibility index (Phi) is 11.2. The first-order valence-corrected chi connectivity index (χ1v) is 15.4. The van der Waals surface area contributed by atoms with Crippen LogP contribution in [0, 0.1) is 0 Å². The minimum Gasteiger partial charge on any atom is -0.494 e. The highest BCUT2D eigenvalue weighted by molar-refractivity contribution is 9.10. The molecule has 0 heterocycles. The van der Waals surface area contributed by atoms with Gasteiger partial charge in [0.15, 0.2) is 0 Å². The van der Waals surface area contributed by atoms with Gasteiger partial charge in [-0.1, -0.05) is 53.2 Å². The van der Waals surface area contributed by atoms with E-state index in [9.17, 15) is 18.0 Å². The Labute approximate surface area is 245 Å². The summed E-state index contributed by atoms with van der Waals surface area (Å²) in [6.07, 6.45) is 0.738. The van der Waals surface area contributed by atoms with Crippen LogP contribution in [-0.4, -0.2) is 50.4 Å². The van der Waals surface area contributed by atoms with E-state index in [1.54, 1.807) is 43.3 Å². The molecular weight excluding hydrogens is 594 g/mol. The number of hydrogen-bond acceptors (Lipinski definition) is 5. The third-order valence-corrected chi connectivity index (χ3v) is 8.80. The zero-order chi connectivity index (χ0) is 29.3. The van der Waals surface area contributed by atoms with E-state index < -0.39 is 28.5 Å². The molecule has 0 aromatic heterocycles. The van der Waals surface area contributed by atoms with Gasteiger partial charge in [-0.15, -0.1) is 0 Å². The van der Waals surface area contributed by atoms with Gasteiger partial charge in [0.25, 0.3) is 10.0 Å². The Morgan fingerprint density at radius 2 is 1.55 bits per heavy atom. The summed E-state index contributed by atoms with van der Waals surface area (Å²) in [4.78, 5) is 28.5. The lowest BCUT2D eigenvalue weighted by Gasteiger charge is -2.32. The topological polar surface area (TPSA) is 96.0 Å². The van der Waals surface area contributed by atoms with E-state index in [2.05, 4.69) is 21.2 Å². The summed E-state index contributed by atoms with van der Waals surface area (Å²) in [5.41, 5.74) is 1.12. The van der Waals surface area contributed by atoms with Crippen molar-refractivity contribution in [2.75, 3.05) is 17.5 Å². The molecule has 0 saturated carbocycles. The Bertz CT molecular complexity index is 1370. The molecule has 0 saturated heterocycles. The fraction of sp³-hybridized carbons (Fsp3) is 0.333. The Morgan fingerprint density at radius 1 is 0.925 bits per heavy atom. The maximum atomic E-state index is 13.9. The van der Waals surface area contributed by atoms with E-state index in [-0.39, 0.29) is 23.4 Å². The van der Waals surface area contributed by atoms with Gasteiger partial charge in [-0.2, -0.15) is 0 Å². The molecule has 0 spiro atoms. The van der Waals surface area contributed by atoms with Crippen LogP contribution in [0.5, 0.6) is 5.75 Å². The Balaban J connectivity index is 2.01. The molecule has 0 fully saturated rings. The van der Waals surface area contributed by atoms with Gasteiger partial charge in [-0.05, 0) is 81.3 Å². The molecule has 0 unspecified atom stereocenters. The van der Waals surface area contributed by atoms with Crippen LogP contribution in [0.2, 0.25) is 0 Å². The van der Waals surface area contributed by atoms with Crippen molar-refractivity contribution in [1.29, 1.82) is 0 Å². The van der Waals surface area contributed by atoms with E-state index >= 15 is 0 Å². The van der Waals surface area contributed by atoms with Crippen molar-refractivity contribution < 1.29 is 22.7 Å². The SMILES string of the molecule is CCOc1ccc(N(CC(=O)N(Cc2ccccc2)[C@H](C)C(=O)N[C@@H](C)CC)S(=O)(=O)c2ccc(Br)cc2)cc1. The van der Waals surface area contributed by atoms with Gasteiger partial charge in [0.2, 0.25) is 11.8 Å². The summed E-state index contributed by atoms with van der Waals surface area (Å²) in [7, 11) is -4.14. The first-order chi connectivity index (χ1) is 19.1. The molecule has 1 N–H and O–H groups in total. The molecule has 214 valence electrons. The molecule has 3 rings (SSSR count). The number of sulfonamides is 1. The summed E-state index contributed by atoms with van der Waals surface area (Å²) < 4.78 is 35.1. The van der Waals surface area contributed by atoms with Crippen LogP contribution >= 0.6 is 15.9 Å². The van der Waals surface area contributed by atoms with Crippen LogP contribution in [0.4, 0.5) is 5.69 Å². The van der Waals surface area contributed by atoms with E-state index in [4.69, 9.17) is 4.74 Å². The van der Waals surface area contributed by atoms with Crippen molar-refractivity contribution >= 4 is 43.5 Å². The second kappa shape index (κ2) is 14.3. The second-order valence-corrected chi connectivity index (χ2v) is 12.2. The molecule has 0 aliphatic heterocycles. The van der Waals surface area contributed by atoms with Crippen LogP contribution in [0.15, 0.2) is 88.2 Å². The van der Waals surface area contributed by atoms with Crippen LogP contribution in [0.3, 0.4) is 0 Å². The summed E-state index contributed by atoms with van der Waals surface area (Å²) in [6, 6.07) is 21.2. The monoisotopic (exact) mass is 629 g/mol. The average Bonchev–Trinajstić information content (AvgIpc) is 2.95. The maximum Gasteiger partial charge on any atom is 0.264 e. The number of benzene rings is 3. The standard InChI is InChI=1S/C30H36BrN3O5S/c1-5-22(3)32-30(36)23(4)33(20-24-10-8-7-9-11-24)29(35)21-34(26-14-16-27(17-15-26)39-6-2)40(37,38)28-18-12-25(31)13-19-28/h7-19,22-23H,5-6,20-21H2,1-4H3,(H,32,36)/t22-,23+/m0/s1. The van der Waals surface area contributed by atoms with Crippen molar-refractivity contribution in [1.82, 2.24) is 10.2 Å². The third kappa shape index (κ3) is 8.08. The summed E-state index contributed by atoms with van der Waals surface area (Å²) in [5.74, 6) is -0.230. The Hall–Kier alpha value is -3.37. The summed E-state index contributed by atoms with van der Waals surface area (Å²) >= 11 is 3.34. The van der Waals surface area contributed by atoms with Crippen LogP contribution < -0.4 is 14.4 Å². The number of amides is 2. The minimum atomic E-state index is -4.14. The lowest BCUT2D eigenvalue weighted by molar-refractivity contribution is -0.139. The van der Waals surface area contributed by atoms with Gasteiger partial charge in [-0.3, -0.25) is 13.9 Å². The van der Waals surface area contributed by atoms with Gasteiger partial charge in [0.1, 0.15) is 18.3 Å². The average molecular weight is 631 g/mol. The molecule has 2 amide bonds. The molecule has 2 atom stereocenters. The van der Waals surface area contributed by atoms with Crippen LogP contribution in [0.25, 0.3) is 0 Å². The minimum absolute atomic E-state index is 0.0366. The molecule has 0 bridgehead atoms. The van der Waals surface area contributed by atoms with Crippen LogP contribution in [-0.2, 0) is 26.2 Å². The number of hydrogen-bond donors (Lipinski definition) is 1. The first-order valence-electron chi connectivity index (χ1n) is 13.2. The summed E-state index contributed by atoms with van der Waals surface area (Å²) in [5, 5.41) is 2.93. The number of carbonyl (C=O) groups is 2. The highest BCUT2D eigenvalue weighted by atomic mass is 79.9. The number of halogens is 1. The molecule has 3 aromatic rings. The number of nitrogens with one attached hydrogen (secondary N) is 1. The van der Waals surface area contributed by atoms with E-state index in [1.807, 2.05) is 51.1 Å². The molecule has 10 heteroatoms. The van der Waals surface area contributed by atoms with Gasteiger partial charge >= 0.3 is 0 Å². The quantitative estimate of drug-likeness (QED) is 0.274. The third-order valence-electron chi connectivity index (χ3n) is 6.48. The maximum absolute atomic E-state index is 13.9. The van der Waals surface area contributed by atoms with Crippen molar-refractivity contribution in [2.24, 2.45) is 0 Å². The van der Waals surface area contributed by atoms with Crippen molar-refractivity contribution in [3.05, 3.63) is 88.9 Å². The first kappa shape index (κ1) is 31.2. The highest BCUT2D eigenvalue weighted by Gasteiger charge is 2.32. The van der Waals surface area contributed by atoms with Crippen molar-refractivity contribution in [2.45, 2.75) is 57.6 Å². The normalized spacial score (nSPS) is 12.7. The van der Waals surface area contributed by atoms with Gasteiger partial charge in [-0.25, -0.2) is 8.42 Å². The lowest BCUT2D eigenvalue weighted by atomic mass is 10.1. The largest absolute Gasteiger partial charge is 0.494 e. The zero-order valence-corrected chi connectivity index (χ0v) is 25.6. The second-order valence-electron chi connectivity index (χ2n) is 9.39. The molecule has 3 aromatic carbocycles. The van der Waals surface area contributed by atoms with Gasteiger partial charge in [0.05, 0.1) is 17.2 Å². The smallest absolute Gasteiger partial charge is 0.264 e. The predicted molar refractivity (Wildman–Crippen MR) is 161 cm³/mol. The predicted octanol–water partition coefficient (Wildman–Crippen LogP) is 5.38. The number of nitrogens with zero attached hydrogens (tertiary/aromatic N) is 2. The molecule has 0 aliphatic carbocycles. The van der Waals surface area contributed by atoms with Crippen LogP contribution in [0.1, 0.15) is 39.7 Å². The number of rotatable bonds is 13.